The molecule has 2 atom stereocenters. The minimum Gasteiger partial charge on any atom is -0.366 e. The fraction of sp³-hybridized carbons (Fsp3) is 0.350. The molecule has 1 amide bonds. The maximum Gasteiger partial charge on any atom is 0.261 e. The molecule has 1 aromatic rings. The Morgan fingerprint density at radius 2 is 2.03 bits per heavy atom. The molecule has 3 N–H and O–H groups in total. The van der Waals surface area contributed by atoms with E-state index in [1.807, 2.05) is 0 Å². The van der Waals surface area contributed by atoms with Gasteiger partial charge in [-0.15, -0.1) is 0 Å². The molecule has 0 aliphatic carbocycles. The maximum atomic E-state index is 13.3. The molecule has 0 radical (unpaired) electrons. The number of carbonyl (C=O) groups excluding carboxylic acids is 1. The first-order valence-corrected chi connectivity index (χ1v) is 9.85. The minimum atomic E-state index is -2.75. The molecule has 0 bridgehead atoms. The standard InChI is InChI=1S/C20H23Cl2F2N5O/c1-11(26-3)17(13-4-5-15(21)16(22)7-13)28-10-29-20(30)14-6-12(8-25-2)9-27-18(14)19(23)24/h4-7,9,14,18-19,25,28H,3,8,10H2,1-2H3,(H,29,30)/b17-11-. The highest BCUT2D eigenvalue weighted by Gasteiger charge is 2.35. The molecule has 1 heterocycles. The highest BCUT2D eigenvalue weighted by atomic mass is 35.5. The van der Waals surface area contributed by atoms with Gasteiger partial charge in [0.1, 0.15) is 6.04 Å². The third kappa shape index (κ3) is 6.10. The molecular formula is C20H23Cl2F2N5O. The Kier molecular flexibility index (Phi) is 8.95. The summed E-state index contributed by atoms with van der Waals surface area (Å²) in [7, 11) is 1.72. The molecule has 0 saturated carbocycles. The van der Waals surface area contributed by atoms with Crippen LogP contribution in [-0.4, -0.2) is 51.6 Å². The number of nitrogens with one attached hydrogen (secondary N) is 3. The van der Waals surface area contributed by atoms with Crippen LogP contribution >= 0.6 is 23.2 Å². The van der Waals surface area contributed by atoms with Gasteiger partial charge in [0.25, 0.3) is 6.43 Å². The summed E-state index contributed by atoms with van der Waals surface area (Å²) in [6.07, 6.45) is 0.137. The molecule has 0 spiro atoms. The number of alkyl halides is 2. The third-order valence-electron chi connectivity index (χ3n) is 4.45. The number of allylic oxidation sites excluding steroid dienone is 1. The topological polar surface area (TPSA) is 77.9 Å². The lowest BCUT2D eigenvalue weighted by Gasteiger charge is -2.24. The van der Waals surface area contributed by atoms with E-state index in [0.717, 1.165) is 0 Å². The summed E-state index contributed by atoms with van der Waals surface area (Å²) in [6.45, 7) is 5.65. The zero-order valence-electron chi connectivity index (χ0n) is 16.6. The second-order valence-corrected chi connectivity index (χ2v) is 7.36. The number of hydrogen-bond donors (Lipinski definition) is 3. The van der Waals surface area contributed by atoms with Crippen molar-refractivity contribution in [2.75, 3.05) is 20.3 Å². The van der Waals surface area contributed by atoms with Gasteiger partial charge < -0.3 is 16.0 Å². The maximum absolute atomic E-state index is 13.3. The van der Waals surface area contributed by atoms with E-state index in [2.05, 4.69) is 32.7 Å². The zero-order chi connectivity index (χ0) is 22.3. The fourth-order valence-electron chi connectivity index (χ4n) is 2.92. The number of amides is 1. The average Bonchev–Trinajstić information content (AvgIpc) is 2.72. The number of halogens is 4. The van der Waals surface area contributed by atoms with Gasteiger partial charge in [-0.3, -0.25) is 14.8 Å². The number of likely N-dealkylation sites (N-methyl/N-ethyl adjacent to an activating group) is 1. The van der Waals surface area contributed by atoms with Crippen LogP contribution in [0.4, 0.5) is 8.78 Å². The van der Waals surface area contributed by atoms with Crippen molar-refractivity contribution >= 4 is 47.7 Å². The molecule has 0 saturated heterocycles. The van der Waals surface area contributed by atoms with Gasteiger partial charge in [0.05, 0.1) is 34.0 Å². The number of dihydropyridines is 1. The first kappa shape index (κ1) is 24.0. The van der Waals surface area contributed by atoms with Crippen LogP contribution in [0.5, 0.6) is 0 Å². The largest absolute Gasteiger partial charge is 0.366 e. The molecule has 0 aromatic heterocycles. The molecule has 1 aliphatic heterocycles. The van der Waals surface area contributed by atoms with Crippen LogP contribution in [0.3, 0.4) is 0 Å². The summed E-state index contributed by atoms with van der Waals surface area (Å²) in [5, 5.41) is 9.33. The smallest absolute Gasteiger partial charge is 0.261 e. The van der Waals surface area contributed by atoms with E-state index in [1.165, 1.54) is 12.3 Å². The Morgan fingerprint density at radius 3 is 2.63 bits per heavy atom. The van der Waals surface area contributed by atoms with Crippen molar-refractivity contribution in [3.63, 3.8) is 0 Å². The molecule has 2 unspecified atom stereocenters. The predicted octanol–water partition coefficient (Wildman–Crippen LogP) is 3.53. The van der Waals surface area contributed by atoms with Gasteiger partial charge in [-0.05, 0) is 38.4 Å². The molecule has 162 valence electrons. The number of nitrogens with zero attached hydrogens (tertiary/aromatic N) is 2. The van der Waals surface area contributed by atoms with E-state index in [0.29, 0.717) is 39.1 Å². The van der Waals surface area contributed by atoms with Crippen LogP contribution in [-0.2, 0) is 4.79 Å². The van der Waals surface area contributed by atoms with Crippen molar-refractivity contribution in [3.05, 3.63) is 51.2 Å². The monoisotopic (exact) mass is 457 g/mol. The lowest BCUT2D eigenvalue weighted by molar-refractivity contribution is -0.125. The zero-order valence-corrected chi connectivity index (χ0v) is 18.1. The average molecular weight is 458 g/mol. The summed E-state index contributed by atoms with van der Waals surface area (Å²) in [6, 6.07) is 3.60. The second kappa shape index (κ2) is 11.2. The van der Waals surface area contributed by atoms with Gasteiger partial charge in [0.15, 0.2) is 0 Å². The van der Waals surface area contributed by atoms with Crippen LogP contribution in [0.2, 0.25) is 10.0 Å². The van der Waals surface area contributed by atoms with Crippen LogP contribution in [0.15, 0.2) is 45.5 Å². The molecule has 6 nitrogen and oxygen atoms in total. The van der Waals surface area contributed by atoms with Crippen molar-refractivity contribution in [2.24, 2.45) is 15.9 Å². The molecule has 0 fully saturated rings. The van der Waals surface area contributed by atoms with Crippen LogP contribution in [0.1, 0.15) is 12.5 Å². The SMILES string of the molecule is C=N/C(C)=C(\NCNC(=O)C1C=C(CNC)C=NC1C(F)F)c1ccc(Cl)c(Cl)c1. The fourth-order valence-corrected chi connectivity index (χ4v) is 3.21. The van der Waals surface area contributed by atoms with E-state index < -0.39 is 24.3 Å². The van der Waals surface area contributed by atoms with E-state index in [1.54, 1.807) is 32.2 Å². The molecule has 2 rings (SSSR count). The summed E-state index contributed by atoms with van der Waals surface area (Å²) >= 11 is 12.0. The summed E-state index contributed by atoms with van der Waals surface area (Å²) in [5.74, 6) is -1.63. The Morgan fingerprint density at radius 1 is 1.30 bits per heavy atom. The summed E-state index contributed by atoms with van der Waals surface area (Å²) < 4.78 is 26.7. The van der Waals surface area contributed by atoms with E-state index in [4.69, 9.17) is 23.2 Å². The van der Waals surface area contributed by atoms with Crippen molar-refractivity contribution < 1.29 is 13.6 Å². The Labute approximate surface area is 184 Å². The van der Waals surface area contributed by atoms with Gasteiger partial charge in [-0.2, -0.15) is 0 Å². The summed E-state index contributed by atoms with van der Waals surface area (Å²) in [5.41, 5.74) is 2.49. The molecule has 1 aliphatic rings. The van der Waals surface area contributed by atoms with Gasteiger partial charge in [-0.25, -0.2) is 8.78 Å². The van der Waals surface area contributed by atoms with Crippen LogP contribution in [0.25, 0.3) is 5.70 Å². The quantitative estimate of drug-likeness (QED) is 0.392. The van der Waals surface area contributed by atoms with E-state index in [9.17, 15) is 13.6 Å². The number of hydrogen-bond acceptors (Lipinski definition) is 5. The normalized spacial score (nSPS) is 19.2. The third-order valence-corrected chi connectivity index (χ3v) is 5.19. The molecule has 1 aromatic carbocycles. The van der Waals surface area contributed by atoms with Crippen molar-refractivity contribution in [3.8, 4) is 0 Å². The number of benzene rings is 1. The molecule has 10 heteroatoms. The number of carbonyl (C=O) groups is 1. The second-order valence-electron chi connectivity index (χ2n) is 6.54. The van der Waals surface area contributed by atoms with Gasteiger partial charge in [0.2, 0.25) is 5.91 Å². The van der Waals surface area contributed by atoms with Crippen molar-refractivity contribution in [1.82, 2.24) is 16.0 Å². The Balaban J connectivity index is 2.11. The highest BCUT2D eigenvalue weighted by Crippen LogP contribution is 2.27. The van der Waals surface area contributed by atoms with Gasteiger partial charge >= 0.3 is 0 Å². The number of rotatable bonds is 9. The molecular weight excluding hydrogens is 435 g/mol. The Bertz CT molecular complexity index is 886. The lowest BCUT2D eigenvalue weighted by Crippen LogP contribution is -2.43. The minimum absolute atomic E-state index is 0.0212. The number of aliphatic imine (C=N–C) groups is 2. The van der Waals surface area contributed by atoms with Crippen LogP contribution in [0, 0.1) is 5.92 Å². The Hall–Kier alpha value is -2.29. The lowest BCUT2D eigenvalue weighted by atomic mass is 9.94. The summed E-state index contributed by atoms with van der Waals surface area (Å²) in [4.78, 5) is 20.4. The highest BCUT2D eigenvalue weighted by molar-refractivity contribution is 6.42. The molecule has 30 heavy (non-hydrogen) atoms. The van der Waals surface area contributed by atoms with E-state index >= 15 is 0 Å². The first-order chi connectivity index (χ1) is 14.3. The predicted molar refractivity (Wildman–Crippen MR) is 119 cm³/mol. The van der Waals surface area contributed by atoms with Gasteiger partial charge in [-0.1, -0.05) is 35.3 Å². The van der Waals surface area contributed by atoms with Crippen LogP contribution < -0.4 is 16.0 Å². The van der Waals surface area contributed by atoms with E-state index in [-0.39, 0.29) is 6.67 Å². The van der Waals surface area contributed by atoms with Crippen molar-refractivity contribution in [1.29, 1.82) is 0 Å². The van der Waals surface area contributed by atoms with Gasteiger partial charge in [0, 0.05) is 18.3 Å². The first-order valence-electron chi connectivity index (χ1n) is 9.09. The van der Waals surface area contributed by atoms with Crippen molar-refractivity contribution in [2.45, 2.75) is 19.4 Å².